The Balaban J connectivity index is 2.73. The molecule has 5 heteroatoms. The highest BCUT2D eigenvalue weighted by Crippen LogP contribution is 2.04. The molecule has 1 aromatic rings. The van der Waals surface area contributed by atoms with E-state index in [1.54, 1.807) is 19.4 Å². The lowest BCUT2D eigenvalue weighted by Gasteiger charge is -2.17. The normalized spacial score (nSPS) is 11.4. The maximum atomic E-state index is 12.2. The zero-order chi connectivity index (χ0) is 15.5. The van der Waals surface area contributed by atoms with Gasteiger partial charge >= 0.3 is 0 Å². The number of carbonyl (C=O) groups excluding carboxylic acids is 1. The molecule has 0 radical (unpaired) electrons. The van der Waals surface area contributed by atoms with Crippen LogP contribution in [0.4, 0.5) is 0 Å². The number of aromatic nitrogens is 1. The summed E-state index contributed by atoms with van der Waals surface area (Å²) in [6.07, 6.45) is 5.35. The minimum Gasteiger partial charge on any atom is -0.395 e. The van der Waals surface area contributed by atoms with Crippen molar-refractivity contribution in [1.82, 2.24) is 10.3 Å². The molecule has 1 aromatic heterocycles. The van der Waals surface area contributed by atoms with E-state index in [2.05, 4.69) is 29.1 Å². The van der Waals surface area contributed by atoms with E-state index in [4.69, 9.17) is 9.84 Å². The summed E-state index contributed by atoms with van der Waals surface area (Å²) in [6.45, 7) is 2.58. The second kappa shape index (κ2) is 9.92. The van der Waals surface area contributed by atoms with Crippen molar-refractivity contribution >= 4 is 5.91 Å². The summed E-state index contributed by atoms with van der Waals surface area (Å²) in [5.74, 6) is 5.50. The standard InChI is InChI=1S/C16H22N2O3/c1-3-6-15(12-21-2)18-16(20)14-9-13(10-17-11-14)7-4-5-8-19/h9-11,15,19H,3,5-6,8,12H2,1-2H3,(H,18,20). The van der Waals surface area contributed by atoms with Crippen molar-refractivity contribution < 1.29 is 14.6 Å². The molecule has 1 atom stereocenters. The van der Waals surface area contributed by atoms with Crippen LogP contribution in [0.15, 0.2) is 18.5 Å². The SMILES string of the molecule is CCCC(COC)NC(=O)c1cncc(C#CCCO)c1. The molecule has 0 aromatic carbocycles. The zero-order valence-corrected chi connectivity index (χ0v) is 12.6. The number of pyridine rings is 1. The van der Waals surface area contributed by atoms with Gasteiger partial charge in [0.15, 0.2) is 0 Å². The minimum atomic E-state index is -0.177. The van der Waals surface area contributed by atoms with Gasteiger partial charge < -0.3 is 15.2 Å². The Kier molecular flexibility index (Phi) is 8.10. The Morgan fingerprint density at radius 3 is 3.00 bits per heavy atom. The van der Waals surface area contributed by atoms with E-state index < -0.39 is 0 Å². The van der Waals surface area contributed by atoms with Crippen LogP contribution in [0.2, 0.25) is 0 Å². The maximum absolute atomic E-state index is 12.2. The van der Waals surface area contributed by atoms with Crippen LogP contribution < -0.4 is 5.32 Å². The van der Waals surface area contributed by atoms with Gasteiger partial charge in [0.2, 0.25) is 0 Å². The Morgan fingerprint density at radius 2 is 2.33 bits per heavy atom. The fraction of sp³-hybridized carbons (Fsp3) is 0.500. The lowest BCUT2D eigenvalue weighted by Crippen LogP contribution is -2.38. The van der Waals surface area contributed by atoms with Gasteiger partial charge in [-0.05, 0) is 12.5 Å². The molecule has 0 aliphatic heterocycles. The highest BCUT2D eigenvalue weighted by Gasteiger charge is 2.13. The second-order valence-electron chi connectivity index (χ2n) is 4.65. The van der Waals surface area contributed by atoms with E-state index in [-0.39, 0.29) is 18.6 Å². The van der Waals surface area contributed by atoms with Crippen molar-refractivity contribution in [2.24, 2.45) is 0 Å². The smallest absolute Gasteiger partial charge is 0.253 e. The highest BCUT2D eigenvalue weighted by molar-refractivity contribution is 5.94. The third-order valence-corrected chi connectivity index (χ3v) is 2.81. The van der Waals surface area contributed by atoms with Crippen molar-refractivity contribution in [3.05, 3.63) is 29.6 Å². The average molecular weight is 290 g/mol. The van der Waals surface area contributed by atoms with E-state index in [0.717, 1.165) is 12.8 Å². The molecule has 2 N–H and O–H groups in total. The van der Waals surface area contributed by atoms with Crippen LogP contribution in [-0.2, 0) is 4.74 Å². The maximum Gasteiger partial charge on any atom is 0.253 e. The summed E-state index contributed by atoms with van der Waals surface area (Å²) >= 11 is 0. The zero-order valence-electron chi connectivity index (χ0n) is 12.6. The van der Waals surface area contributed by atoms with Crippen molar-refractivity contribution in [3.8, 4) is 11.8 Å². The topological polar surface area (TPSA) is 71.5 Å². The third kappa shape index (κ3) is 6.39. The summed E-state index contributed by atoms with van der Waals surface area (Å²) in [5.41, 5.74) is 1.14. The second-order valence-corrected chi connectivity index (χ2v) is 4.65. The predicted molar refractivity (Wildman–Crippen MR) is 80.9 cm³/mol. The molecule has 0 saturated heterocycles. The molecule has 1 unspecified atom stereocenters. The van der Waals surface area contributed by atoms with E-state index in [0.29, 0.717) is 24.2 Å². The Labute approximate surface area is 125 Å². The van der Waals surface area contributed by atoms with Crippen LogP contribution in [0.1, 0.15) is 42.1 Å². The van der Waals surface area contributed by atoms with Crippen molar-refractivity contribution in [2.75, 3.05) is 20.3 Å². The van der Waals surface area contributed by atoms with Gasteiger partial charge in [-0.3, -0.25) is 9.78 Å². The molecular weight excluding hydrogens is 268 g/mol. The van der Waals surface area contributed by atoms with Crippen LogP contribution in [0.3, 0.4) is 0 Å². The molecular formula is C16H22N2O3. The molecule has 0 spiro atoms. The van der Waals surface area contributed by atoms with E-state index in [1.165, 1.54) is 6.20 Å². The van der Waals surface area contributed by atoms with Gasteiger partial charge in [-0.2, -0.15) is 0 Å². The molecule has 0 fully saturated rings. The van der Waals surface area contributed by atoms with E-state index >= 15 is 0 Å². The number of nitrogens with one attached hydrogen (secondary N) is 1. The Hall–Kier alpha value is -1.90. The van der Waals surface area contributed by atoms with Crippen molar-refractivity contribution in [1.29, 1.82) is 0 Å². The Bertz CT molecular complexity index is 500. The largest absolute Gasteiger partial charge is 0.395 e. The van der Waals surface area contributed by atoms with Gasteiger partial charge in [0.05, 0.1) is 24.8 Å². The number of amides is 1. The summed E-state index contributed by atoms with van der Waals surface area (Å²) in [5, 5.41) is 11.6. The average Bonchev–Trinajstić information content (AvgIpc) is 2.48. The predicted octanol–water partition coefficient (Wildman–Crippen LogP) is 1.36. The van der Waals surface area contributed by atoms with Crippen LogP contribution in [0.25, 0.3) is 0 Å². The van der Waals surface area contributed by atoms with Crippen LogP contribution in [-0.4, -0.2) is 42.4 Å². The number of rotatable bonds is 7. The van der Waals surface area contributed by atoms with Gasteiger partial charge in [-0.25, -0.2) is 0 Å². The number of methoxy groups -OCH3 is 1. The lowest BCUT2D eigenvalue weighted by molar-refractivity contribution is 0.0891. The third-order valence-electron chi connectivity index (χ3n) is 2.81. The number of ether oxygens (including phenoxy) is 1. The lowest BCUT2D eigenvalue weighted by atomic mass is 10.1. The first kappa shape index (κ1) is 17.2. The fourth-order valence-electron chi connectivity index (χ4n) is 1.87. The summed E-state index contributed by atoms with van der Waals surface area (Å²) in [6, 6.07) is 1.69. The summed E-state index contributed by atoms with van der Waals surface area (Å²) in [7, 11) is 1.62. The molecule has 1 rings (SSSR count). The molecule has 1 heterocycles. The highest BCUT2D eigenvalue weighted by atomic mass is 16.5. The molecule has 0 bridgehead atoms. The first-order chi connectivity index (χ1) is 10.2. The molecule has 114 valence electrons. The molecule has 0 aliphatic rings. The first-order valence-corrected chi connectivity index (χ1v) is 7.05. The van der Waals surface area contributed by atoms with Crippen molar-refractivity contribution in [3.63, 3.8) is 0 Å². The number of nitrogens with zero attached hydrogens (tertiary/aromatic N) is 1. The fourth-order valence-corrected chi connectivity index (χ4v) is 1.87. The molecule has 1 amide bonds. The Morgan fingerprint density at radius 1 is 1.52 bits per heavy atom. The molecule has 21 heavy (non-hydrogen) atoms. The van der Waals surface area contributed by atoms with Gasteiger partial charge in [0.25, 0.3) is 5.91 Å². The van der Waals surface area contributed by atoms with Crippen LogP contribution in [0.5, 0.6) is 0 Å². The molecule has 0 aliphatic carbocycles. The van der Waals surface area contributed by atoms with Crippen LogP contribution in [0, 0.1) is 11.8 Å². The molecule has 5 nitrogen and oxygen atoms in total. The summed E-state index contributed by atoms with van der Waals surface area (Å²) < 4.78 is 5.11. The van der Waals surface area contributed by atoms with Gasteiger partial charge in [0, 0.05) is 31.5 Å². The van der Waals surface area contributed by atoms with Gasteiger partial charge in [-0.15, -0.1) is 0 Å². The van der Waals surface area contributed by atoms with Crippen molar-refractivity contribution in [2.45, 2.75) is 32.2 Å². The number of carbonyl (C=O) groups is 1. The number of aliphatic hydroxyl groups is 1. The van der Waals surface area contributed by atoms with Gasteiger partial charge in [-0.1, -0.05) is 25.2 Å². The van der Waals surface area contributed by atoms with Gasteiger partial charge in [0.1, 0.15) is 0 Å². The number of aliphatic hydroxyl groups excluding tert-OH is 1. The van der Waals surface area contributed by atoms with E-state index in [1.807, 2.05) is 0 Å². The number of hydrogen-bond donors (Lipinski definition) is 2. The number of hydrogen-bond acceptors (Lipinski definition) is 4. The minimum absolute atomic E-state index is 0.00312. The monoisotopic (exact) mass is 290 g/mol. The molecule has 0 saturated carbocycles. The van der Waals surface area contributed by atoms with Crippen LogP contribution >= 0.6 is 0 Å². The quantitative estimate of drug-likeness (QED) is 0.744. The first-order valence-electron chi connectivity index (χ1n) is 7.05. The van der Waals surface area contributed by atoms with E-state index in [9.17, 15) is 4.79 Å². The summed E-state index contributed by atoms with van der Waals surface area (Å²) in [4.78, 5) is 16.2.